The average molecular weight is 285 g/mol. The van der Waals surface area contributed by atoms with Crippen LogP contribution >= 0.6 is 0 Å². The molecule has 1 fully saturated rings. The van der Waals surface area contributed by atoms with E-state index in [1.807, 2.05) is 30.0 Å². The van der Waals surface area contributed by atoms with Gasteiger partial charge in [0.2, 0.25) is 0 Å². The summed E-state index contributed by atoms with van der Waals surface area (Å²) < 4.78 is 0. The number of hydrogen-bond acceptors (Lipinski definition) is 2. The Kier molecular flexibility index (Phi) is 5.41. The summed E-state index contributed by atoms with van der Waals surface area (Å²) in [4.78, 5) is 14.7. The van der Waals surface area contributed by atoms with Crippen molar-refractivity contribution in [3.63, 3.8) is 0 Å². The lowest BCUT2D eigenvalue weighted by atomic mass is 9.98. The maximum Gasteiger partial charge on any atom is 0.255 e. The topological polar surface area (TPSA) is 40.5 Å². The van der Waals surface area contributed by atoms with Crippen LogP contribution in [0.2, 0.25) is 0 Å². The summed E-state index contributed by atoms with van der Waals surface area (Å²) in [6, 6.07) is 5.80. The van der Waals surface area contributed by atoms with E-state index in [1.54, 1.807) is 0 Å². The van der Waals surface area contributed by atoms with Gasteiger partial charge in [-0.15, -0.1) is 0 Å². The number of nitrogens with zero attached hydrogens (tertiary/aromatic N) is 1. The minimum Gasteiger partial charge on any atom is -0.395 e. The lowest BCUT2D eigenvalue weighted by Gasteiger charge is -2.31. The van der Waals surface area contributed by atoms with E-state index in [2.05, 4.69) is 18.8 Å². The van der Waals surface area contributed by atoms with Gasteiger partial charge in [0, 0.05) is 25.1 Å². The van der Waals surface area contributed by atoms with Crippen LogP contribution in [0.3, 0.4) is 0 Å². The molecule has 1 atom stereocenters. The summed E-state index contributed by atoms with van der Waals surface area (Å²) in [7, 11) is 0. The van der Waals surface area contributed by atoms with Crippen LogP contribution in [0.25, 0.3) is 0 Å². The highest BCUT2D eigenvalue weighted by molar-refractivity contribution is 5.97. The van der Waals surface area contributed by atoms with Gasteiger partial charge >= 0.3 is 0 Å². The second-order valence-electron chi connectivity index (χ2n) is 5.82. The number of aliphatic hydroxyl groups excluding tert-OH is 1. The Morgan fingerprint density at radius 2 is 2.29 bits per heavy atom. The summed E-state index contributed by atoms with van der Waals surface area (Å²) in [5.74, 6) is 6.57. The highest BCUT2D eigenvalue weighted by Gasteiger charge is 2.23. The smallest absolute Gasteiger partial charge is 0.255 e. The SMILES string of the molecule is Cc1ccc(C#CCCO)c(C(=O)N2CCCC(C)C2)c1. The second-order valence-corrected chi connectivity index (χ2v) is 5.82. The standard InChI is InChI=1S/C18H23NO2/c1-14-8-9-16(7-3-4-11-20)17(12-14)18(21)19-10-5-6-15(2)13-19/h8-9,12,15,20H,4-6,10-11,13H2,1-2H3. The van der Waals surface area contributed by atoms with E-state index >= 15 is 0 Å². The maximum atomic E-state index is 12.8. The van der Waals surface area contributed by atoms with Crippen molar-refractivity contribution >= 4 is 5.91 Å². The lowest BCUT2D eigenvalue weighted by Crippen LogP contribution is -2.39. The summed E-state index contributed by atoms with van der Waals surface area (Å²) in [6.07, 6.45) is 2.70. The molecule has 0 bridgehead atoms. The molecular formula is C18H23NO2. The zero-order valence-corrected chi connectivity index (χ0v) is 12.9. The van der Waals surface area contributed by atoms with Crippen molar-refractivity contribution in [1.82, 2.24) is 4.90 Å². The molecule has 1 aromatic carbocycles. The van der Waals surface area contributed by atoms with Gasteiger partial charge in [-0.2, -0.15) is 0 Å². The van der Waals surface area contributed by atoms with Crippen molar-refractivity contribution < 1.29 is 9.90 Å². The molecule has 1 N–H and O–H groups in total. The van der Waals surface area contributed by atoms with Gasteiger partial charge in [0.15, 0.2) is 0 Å². The van der Waals surface area contributed by atoms with Gasteiger partial charge in [0.25, 0.3) is 5.91 Å². The third-order valence-electron chi connectivity index (χ3n) is 3.81. The van der Waals surface area contributed by atoms with Crippen LogP contribution in [-0.2, 0) is 0 Å². The summed E-state index contributed by atoms with van der Waals surface area (Å²) >= 11 is 0. The number of likely N-dealkylation sites (tertiary alicyclic amines) is 1. The van der Waals surface area contributed by atoms with E-state index in [0.717, 1.165) is 30.6 Å². The second kappa shape index (κ2) is 7.28. The van der Waals surface area contributed by atoms with E-state index < -0.39 is 0 Å². The number of aryl methyl sites for hydroxylation is 1. The van der Waals surface area contributed by atoms with Gasteiger partial charge < -0.3 is 10.0 Å². The number of aliphatic hydroxyl groups is 1. The van der Waals surface area contributed by atoms with Crippen LogP contribution in [0, 0.1) is 24.7 Å². The van der Waals surface area contributed by atoms with E-state index in [-0.39, 0.29) is 12.5 Å². The first-order valence-corrected chi connectivity index (χ1v) is 7.61. The molecule has 1 aromatic rings. The summed E-state index contributed by atoms with van der Waals surface area (Å²) in [5, 5.41) is 8.82. The molecule has 1 amide bonds. The molecule has 3 heteroatoms. The number of piperidine rings is 1. The highest BCUT2D eigenvalue weighted by Crippen LogP contribution is 2.20. The first-order valence-electron chi connectivity index (χ1n) is 7.61. The van der Waals surface area contributed by atoms with Gasteiger partial charge in [0.05, 0.1) is 12.2 Å². The number of carbonyl (C=O) groups is 1. The van der Waals surface area contributed by atoms with Gasteiger partial charge in [-0.05, 0) is 37.8 Å². The Hall–Kier alpha value is -1.79. The number of hydrogen-bond donors (Lipinski definition) is 1. The molecule has 1 aliphatic heterocycles. The first-order chi connectivity index (χ1) is 10.1. The molecule has 0 aromatic heterocycles. The molecule has 112 valence electrons. The van der Waals surface area contributed by atoms with Gasteiger partial charge in [-0.25, -0.2) is 0 Å². The predicted octanol–water partition coefficient (Wildman–Crippen LogP) is 2.60. The summed E-state index contributed by atoms with van der Waals surface area (Å²) in [6.45, 7) is 5.89. The third-order valence-corrected chi connectivity index (χ3v) is 3.81. The fourth-order valence-corrected chi connectivity index (χ4v) is 2.70. The van der Waals surface area contributed by atoms with Crippen LogP contribution < -0.4 is 0 Å². The molecule has 0 aliphatic carbocycles. The first kappa shape index (κ1) is 15.6. The largest absolute Gasteiger partial charge is 0.395 e. The van der Waals surface area contributed by atoms with Crippen molar-refractivity contribution in [2.45, 2.75) is 33.1 Å². The third kappa shape index (κ3) is 4.09. The zero-order valence-electron chi connectivity index (χ0n) is 12.9. The van der Waals surface area contributed by atoms with Gasteiger partial charge in [-0.1, -0.05) is 30.4 Å². The van der Waals surface area contributed by atoms with E-state index in [9.17, 15) is 4.79 Å². The molecule has 1 saturated heterocycles. The highest BCUT2D eigenvalue weighted by atomic mass is 16.2. The molecule has 21 heavy (non-hydrogen) atoms. The van der Waals surface area contributed by atoms with Crippen LogP contribution in [0.1, 0.15) is 47.7 Å². The Morgan fingerprint density at radius 1 is 1.48 bits per heavy atom. The molecule has 0 saturated carbocycles. The molecule has 1 unspecified atom stereocenters. The van der Waals surface area contributed by atoms with E-state index in [4.69, 9.17) is 5.11 Å². The molecule has 1 heterocycles. The quantitative estimate of drug-likeness (QED) is 0.849. The fourth-order valence-electron chi connectivity index (χ4n) is 2.70. The predicted molar refractivity (Wildman–Crippen MR) is 84.1 cm³/mol. The lowest BCUT2D eigenvalue weighted by molar-refractivity contribution is 0.0682. The minimum atomic E-state index is 0.0474. The van der Waals surface area contributed by atoms with Crippen LogP contribution in [-0.4, -0.2) is 35.6 Å². The van der Waals surface area contributed by atoms with E-state index in [0.29, 0.717) is 17.9 Å². The van der Waals surface area contributed by atoms with Crippen LogP contribution in [0.5, 0.6) is 0 Å². The molecular weight excluding hydrogens is 262 g/mol. The van der Waals surface area contributed by atoms with Crippen LogP contribution in [0.15, 0.2) is 18.2 Å². The van der Waals surface area contributed by atoms with Crippen molar-refractivity contribution in [2.75, 3.05) is 19.7 Å². The van der Waals surface area contributed by atoms with E-state index in [1.165, 1.54) is 6.42 Å². The van der Waals surface area contributed by atoms with Gasteiger partial charge in [0.1, 0.15) is 0 Å². The molecule has 0 radical (unpaired) electrons. The molecule has 1 aliphatic rings. The Labute approximate surface area is 127 Å². The molecule has 3 nitrogen and oxygen atoms in total. The van der Waals surface area contributed by atoms with Crippen LogP contribution in [0.4, 0.5) is 0 Å². The fraction of sp³-hybridized carbons (Fsp3) is 0.500. The zero-order chi connectivity index (χ0) is 15.2. The number of amides is 1. The van der Waals surface area contributed by atoms with Gasteiger partial charge in [-0.3, -0.25) is 4.79 Å². The normalized spacial score (nSPS) is 18.0. The monoisotopic (exact) mass is 285 g/mol. The van der Waals surface area contributed by atoms with Crippen molar-refractivity contribution in [2.24, 2.45) is 5.92 Å². The Morgan fingerprint density at radius 3 is 3.00 bits per heavy atom. The van der Waals surface area contributed by atoms with Crippen molar-refractivity contribution in [3.8, 4) is 11.8 Å². The minimum absolute atomic E-state index is 0.0474. The number of rotatable bonds is 2. The average Bonchev–Trinajstić information content (AvgIpc) is 2.48. The Bertz CT molecular complexity index is 568. The number of carbonyl (C=O) groups excluding carboxylic acids is 1. The molecule has 2 rings (SSSR count). The maximum absolute atomic E-state index is 12.8. The van der Waals surface area contributed by atoms with Crippen molar-refractivity contribution in [1.29, 1.82) is 0 Å². The summed E-state index contributed by atoms with van der Waals surface area (Å²) in [5.41, 5.74) is 2.52. The van der Waals surface area contributed by atoms with Crippen molar-refractivity contribution in [3.05, 3.63) is 34.9 Å². The molecule has 0 spiro atoms. The number of benzene rings is 1. The Balaban J connectivity index is 2.26.